The van der Waals surface area contributed by atoms with Gasteiger partial charge in [-0.25, -0.2) is 0 Å². The first-order chi connectivity index (χ1) is 8.31. The van der Waals surface area contributed by atoms with Crippen molar-refractivity contribution >= 4 is 11.4 Å². The van der Waals surface area contributed by atoms with Crippen molar-refractivity contribution in [2.45, 2.75) is 25.9 Å². The minimum atomic E-state index is -4.17. The number of halogens is 3. The zero-order chi connectivity index (χ0) is 13.8. The highest BCUT2D eigenvalue weighted by Crippen LogP contribution is 2.25. The second-order valence-electron chi connectivity index (χ2n) is 3.85. The molecule has 0 radical (unpaired) electrons. The molecule has 0 aliphatic rings. The molecule has 0 atom stereocenters. The van der Waals surface area contributed by atoms with E-state index >= 15 is 0 Å². The van der Waals surface area contributed by atoms with E-state index in [1.165, 1.54) is 12.1 Å². The third kappa shape index (κ3) is 4.23. The van der Waals surface area contributed by atoms with Crippen molar-refractivity contribution in [3.8, 4) is 0 Å². The molecule has 0 saturated heterocycles. The second kappa shape index (κ2) is 5.70. The van der Waals surface area contributed by atoms with Crippen molar-refractivity contribution in [1.82, 2.24) is 0 Å². The van der Waals surface area contributed by atoms with Gasteiger partial charge in [-0.05, 0) is 19.4 Å². The molecule has 0 fully saturated rings. The lowest BCUT2D eigenvalue weighted by atomic mass is 10.1. The number of benzene rings is 1. The van der Waals surface area contributed by atoms with Gasteiger partial charge in [0.15, 0.2) is 0 Å². The molecule has 0 bridgehead atoms. The Bertz CT molecular complexity index is 433. The topological polar surface area (TPSA) is 55.2 Å². The van der Waals surface area contributed by atoms with Crippen LogP contribution in [0.15, 0.2) is 18.2 Å². The molecule has 0 amide bonds. The maximum atomic E-state index is 11.9. The van der Waals surface area contributed by atoms with E-state index in [4.69, 9.17) is 0 Å². The fourth-order valence-electron chi connectivity index (χ4n) is 1.52. The van der Waals surface area contributed by atoms with Crippen LogP contribution in [-0.4, -0.2) is 17.6 Å². The van der Waals surface area contributed by atoms with Crippen molar-refractivity contribution < 1.29 is 18.1 Å². The summed E-state index contributed by atoms with van der Waals surface area (Å²) in [6, 6.07) is 4.46. The molecular formula is C11H13F3N2O2. The van der Waals surface area contributed by atoms with Crippen LogP contribution in [0.3, 0.4) is 0 Å². The number of alkyl halides is 3. The fraction of sp³-hybridized carbons (Fsp3) is 0.455. The van der Waals surface area contributed by atoms with Gasteiger partial charge < -0.3 is 5.32 Å². The summed E-state index contributed by atoms with van der Waals surface area (Å²) in [7, 11) is 0. The average Bonchev–Trinajstić information content (AvgIpc) is 2.24. The van der Waals surface area contributed by atoms with Crippen molar-refractivity contribution in [2.75, 3.05) is 11.9 Å². The first kappa shape index (κ1) is 14.3. The maximum absolute atomic E-state index is 11.9. The molecule has 7 heteroatoms. The number of nitro benzene ring substituents is 1. The summed E-state index contributed by atoms with van der Waals surface area (Å²) < 4.78 is 35.7. The Morgan fingerprint density at radius 3 is 2.61 bits per heavy atom. The summed E-state index contributed by atoms with van der Waals surface area (Å²) in [4.78, 5) is 10.1. The molecule has 0 aliphatic carbocycles. The van der Waals surface area contributed by atoms with E-state index in [0.717, 1.165) is 0 Å². The van der Waals surface area contributed by atoms with E-state index in [0.29, 0.717) is 11.3 Å². The van der Waals surface area contributed by atoms with Gasteiger partial charge in [-0.1, -0.05) is 6.07 Å². The van der Waals surface area contributed by atoms with E-state index < -0.39 is 17.5 Å². The summed E-state index contributed by atoms with van der Waals surface area (Å²) in [5.41, 5.74) is 0.872. The van der Waals surface area contributed by atoms with Crippen LogP contribution in [0.1, 0.15) is 18.4 Å². The Morgan fingerprint density at radius 1 is 1.39 bits per heavy atom. The normalized spacial score (nSPS) is 11.3. The van der Waals surface area contributed by atoms with E-state index in [2.05, 4.69) is 5.32 Å². The highest BCUT2D eigenvalue weighted by atomic mass is 19.4. The van der Waals surface area contributed by atoms with Gasteiger partial charge in [-0.2, -0.15) is 13.2 Å². The van der Waals surface area contributed by atoms with E-state index in [1.807, 2.05) is 0 Å². The first-order valence-electron chi connectivity index (χ1n) is 5.36. The Labute approximate surface area is 102 Å². The number of rotatable bonds is 5. The molecule has 4 nitrogen and oxygen atoms in total. The van der Waals surface area contributed by atoms with Gasteiger partial charge in [0.25, 0.3) is 5.69 Å². The van der Waals surface area contributed by atoms with Gasteiger partial charge >= 0.3 is 6.18 Å². The lowest BCUT2D eigenvalue weighted by Gasteiger charge is -2.10. The lowest BCUT2D eigenvalue weighted by molar-refractivity contribution is -0.385. The highest BCUT2D eigenvalue weighted by Gasteiger charge is 2.25. The van der Waals surface area contributed by atoms with Crippen LogP contribution in [-0.2, 0) is 0 Å². The quantitative estimate of drug-likeness (QED) is 0.500. The largest absolute Gasteiger partial charge is 0.389 e. The Hall–Kier alpha value is -1.79. The van der Waals surface area contributed by atoms with Crippen molar-refractivity contribution in [1.29, 1.82) is 0 Å². The molecule has 1 aromatic carbocycles. The van der Waals surface area contributed by atoms with Crippen LogP contribution < -0.4 is 5.32 Å². The summed E-state index contributed by atoms with van der Waals surface area (Å²) >= 11 is 0. The molecular weight excluding hydrogens is 249 g/mol. The number of hydrogen-bond acceptors (Lipinski definition) is 3. The maximum Gasteiger partial charge on any atom is 0.389 e. The molecule has 1 aromatic rings. The minimum Gasteiger partial charge on any atom is -0.385 e. The predicted molar refractivity (Wildman–Crippen MR) is 61.6 cm³/mol. The third-order valence-corrected chi connectivity index (χ3v) is 2.45. The van der Waals surface area contributed by atoms with Crippen LogP contribution in [0.4, 0.5) is 24.5 Å². The molecule has 0 saturated carbocycles. The Morgan fingerprint density at radius 2 is 2.06 bits per heavy atom. The molecule has 1 rings (SSSR count). The Kier molecular flexibility index (Phi) is 4.52. The molecule has 100 valence electrons. The van der Waals surface area contributed by atoms with Crippen LogP contribution >= 0.6 is 0 Å². The number of nitro groups is 1. The van der Waals surface area contributed by atoms with E-state index in [-0.39, 0.29) is 18.7 Å². The molecule has 1 N–H and O–H groups in total. The highest BCUT2D eigenvalue weighted by molar-refractivity contribution is 5.59. The summed E-state index contributed by atoms with van der Waals surface area (Å²) in [6.45, 7) is 1.69. The van der Waals surface area contributed by atoms with Gasteiger partial charge in [0, 0.05) is 30.3 Å². The first-order valence-corrected chi connectivity index (χ1v) is 5.36. The monoisotopic (exact) mass is 262 g/mol. The Balaban J connectivity index is 2.58. The van der Waals surface area contributed by atoms with Crippen LogP contribution in [0.2, 0.25) is 0 Å². The van der Waals surface area contributed by atoms with Crippen LogP contribution in [0, 0.1) is 17.0 Å². The predicted octanol–water partition coefficient (Wildman–Crippen LogP) is 3.66. The number of hydrogen-bond donors (Lipinski definition) is 1. The van der Waals surface area contributed by atoms with Gasteiger partial charge in [-0.3, -0.25) is 10.1 Å². The van der Waals surface area contributed by atoms with Gasteiger partial charge in [0.05, 0.1) is 4.92 Å². The standard InChI is InChI=1S/C11H13F3N2O2/c1-8-9(4-2-5-10(8)16(17)18)15-7-3-6-11(12,13)14/h2,4-5,15H,3,6-7H2,1H3. The molecule has 0 aromatic heterocycles. The summed E-state index contributed by atoms with van der Waals surface area (Å²) in [5.74, 6) is 0. The lowest BCUT2D eigenvalue weighted by Crippen LogP contribution is -2.11. The van der Waals surface area contributed by atoms with Crippen molar-refractivity contribution in [2.24, 2.45) is 0 Å². The van der Waals surface area contributed by atoms with Crippen LogP contribution in [0.5, 0.6) is 0 Å². The smallest absolute Gasteiger partial charge is 0.385 e. The molecule has 0 heterocycles. The zero-order valence-electron chi connectivity index (χ0n) is 9.75. The fourth-order valence-corrected chi connectivity index (χ4v) is 1.52. The van der Waals surface area contributed by atoms with Crippen molar-refractivity contribution in [3.63, 3.8) is 0 Å². The van der Waals surface area contributed by atoms with E-state index in [1.54, 1.807) is 13.0 Å². The number of nitrogens with one attached hydrogen (secondary N) is 1. The van der Waals surface area contributed by atoms with Gasteiger partial charge in [-0.15, -0.1) is 0 Å². The molecule has 18 heavy (non-hydrogen) atoms. The molecule has 0 spiro atoms. The number of nitrogens with zero attached hydrogens (tertiary/aromatic N) is 1. The zero-order valence-corrected chi connectivity index (χ0v) is 9.75. The average molecular weight is 262 g/mol. The third-order valence-electron chi connectivity index (χ3n) is 2.45. The van der Waals surface area contributed by atoms with Gasteiger partial charge in [0.2, 0.25) is 0 Å². The second-order valence-corrected chi connectivity index (χ2v) is 3.85. The molecule has 0 unspecified atom stereocenters. The summed E-state index contributed by atoms with van der Waals surface area (Å²) in [6.07, 6.45) is -5.10. The van der Waals surface area contributed by atoms with E-state index in [9.17, 15) is 23.3 Å². The van der Waals surface area contributed by atoms with Gasteiger partial charge in [0.1, 0.15) is 0 Å². The van der Waals surface area contributed by atoms with Crippen LogP contribution in [0.25, 0.3) is 0 Å². The number of anilines is 1. The summed E-state index contributed by atoms with van der Waals surface area (Å²) in [5, 5.41) is 13.4. The minimum absolute atomic E-state index is 0.0455. The van der Waals surface area contributed by atoms with Crippen molar-refractivity contribution in [3.05, 3.63) is 33.9 Å². The SMILES string of the molecule is Cc1c(NCCCC(F)(F)F)cccc1[N+](=O)[O-]. The molecule has 0 aliphatic heterocycles.